The van der Waals surface area contributed by atoms with Gasteiger partial charge in [-0.1, -0.05) is 31.2 Å². The standard InChI is InChI=1S/C24H31N3O2/c1-4-24-11-7-12-26-13-10-19-18-8-5-6-9-20(18)27(21(19)22(24)26)17(14-24)15-29-23(28)25-16(2)3/h5-6,8-9,14,16,22H,4,7,10-13,15H2,1-3H3,(H,25,28)/t22-,24+/m1/s1. The second kappa shape index (κ2) is 6.91. The monoisotopic (exact) mass is 393 g/mol. The molecule has 1 N–H and O–H groups in total. The minimum absolute atomic E-state index is 0.0706. The number of benzene rings is 1. The average Bonchev–Trinajstić information content (AvgIpc) is 3.06. The topological polar surface area (TPSA) is 46.5 Å². The first-order valence-electron chi connectivity index (χ1n) is 11.1. The van der Waals surface area contributed by atoms with Crippen LogP contribution in [0.3, 0.4) is 0 Å². The smallest absolute Gasteiger partial charge is 0.407 e. The van der Waals surface area contributed by atoms with E-state index in [1.807, 2.05) is 13.8 Å². The molecule has 29 heavy (non-hydrogen) atoms. The number of piperidine rings is 1. The van der Waals surface area contributed by atoms with Crippen molar-refractivity contribution < 1.29 is 9.53 Å². The summed E-state index contributed by atoms with van der Waals surface area (Å²) in [5.41, 5.74) is 5.44. The fraction of sp³-hybridized carbons (Fsp3) is 0.542. The zero-order valence-electron chi connectivity index (χ0n) is 17.7. The van der Waals surface area contributed by atoms with Gasteiger partial charge in [-0.3, -0.25) is 4.90 Å². The summed E-state index contributed by atoms with van der Waals surface area (Å²) in [6, 6.07) is 9.23. The van der Waals surface area contributed by atoms with E-state index < -0.39 is 0 Å². The molecule has 154 valence electrons. The average molecular weight is 394 g/mol. The molecule has 3 aliphatic heterocycles. The van der Waals surface area contributed by atoms with Crippen LogP contribution in [0.5, 0.6) is 0 Å². The van der Waals surface area contributed by atoms with Crippen molar-refractivity contribution in [2.75, 3.05) is 19.7 Å². The van der Waals surface area contributed by atoms with E-state index in [0.717, 1.165) is 25.1 Å². The van der Waals surface area contributed by atoms with Crippen LogP contribution in [0.2, 0.25) is 0 Å². The van der Waals surface area contributed by atoms with Crippen LogP contribution in [-0.4, -0.2) is 41.3 Å². The summed E-state index contributed by atoms with van der Waals surface area (Å²) in [6.07, 6.45) is 6.74. The highest BCUT2D eigenvalue weighted by molar-refractivity contribution is 5.90. The molecule has 0 radical (unpaired) electrons. The number of amides is 1. The molecule has 1 fully saturated rings. The Bertz CT molecular complexity index is 989. The first kappa shape index (κ1) is 18.7. The normalized spacial score (nSPS) is 25.7. The maximum absolute atomic E-state index is 12.2. The van der Waals surface area contributed by atoms with Gasteiger partial charge in [-0.2, -0.15) is 0 Å². The fourth-order valence-electron chi connectivity index (χ4n) is 5.91. The summed E-state index contributed by atoms with van der Waals surface area (Å²) >= 11 is 0. The Hall–Kier alpha value is -2.27. The van der Waals surface area contributed by atoms with E-state index >= 15 is 0 Å². The fourth-order valence-corrected chi connectivity index (χ4v) is 5.91. The van der Waals surface area contributed by atoms with Gasteiger partial charge in [0, 0.05) is 29.1 Å². The number of ether oxygens (including phenoxy) is 1. The summed E-state index contributed by atoms with van der Waals surface area (Å²) < 4.78 is 8.07. The van der Waals surface area contributed by atoms with Crippen LogP contribution in [0, 0.1) is 5.41 Å². The molecule has 1 saturated heterocycles. The van der Waals surface area contributed by atoms with Crippen LogP contribution in [0.4, 0.5) is 4.79 Å². The van der Waals surface area contributed by atoms with Crippen LogP contribution < -0.4 is 5.32 Å². The Morgan fingerprint density at radius 1 is 1.31 bits per heavy atom. The van der Waals surface area contributed by atoms with Gasteiger partial charge in [0.15, 0.2) is 0 Å². The predicted octanol–water partition coefficient (Wildman–Crippen LogP) is 4.72. The number of carbonyl (C=O) groups is 1. The third kappa shape index (κ3) is 2.82. The van der Waals surface area contributed by atoms with Crippen molar-refractivity contribution in [1.82, 2.24) is 14.8 Å². The molecule has 1 amide bonds. The maximum atomic E-state index is 12.2. The minimum atomic E-state index is -0.343. The van der Waals surface area contributed by atoms with E-state index in [-0.39, 0.29) is 17.6 Å². The van der Waals surface area contributed by atoms with Crippen molar-refractivity contribution in [2.24, 2.45) is 5.41 Å². The summed E-state index contributed by atoms with van der Waals surface area (Å²) in [5, 5.41) is 4.20. The lowest BCUT2D eigenvalue weighted by atomic mass is 9.66. The van der Waals surface area contributed by atoms with Crippen molar-refractivity contribution in [2.45, 2.75) is 58.5 Å². The summed E-state index contributed by atoms with van der Waals surface area (Å²) in [7, 11) is 0. The Kier molecular flexibility index (Phi) is 4.46. The van der Waals surface area contributed by atoms with Gasteiger partial charge in [0.25, 0.3) is 0 Å². The number of nitrogens with zero attached hydrogens (tertiary/aromatic N) is 2. The predicted molar refractivity (Wildman–Crippen MR) is 116 cm³/mol. The van der Waals surface area contributed by atoms with E-state index in [1.165, 1.54) is 41.5 Å². The van der Waals surface area contributed by atoms with Gasteiger partial charge in [-0.25, -0.2) is 4.79 Å². The van der Waals surface area contributed by atoms with Crippen LogP contribution in [0.15, 0.2) is 30.3 Å². The summed E-state index contributed by atoms with van der Waals surface area (Å²) in [6.45, 7) is 8.84. The zero-order chi connectivity index (χ0) is 20.2. The summed E-state index contributed by atoms with van der Waals surface area (Å²) in [5.74, 6) is 0. The van der Waals surface area contributed by atoms with Crippen molar-refractivity contribution in [3.05, 3.63) is 41.6 Å². The van der Waals surface area contributed by atoms with Gasteiger partial charge in [-0.15, -0.1) is 0 Å². The number of nitrogens with one attached hydrogen (secondary N) is 1. The highest BCUT2D eigenvalue weighted by Crippen LogP contribution is 2.56. The van der Waals surface area contributed by atoms with Crippen molar-refractivity contribution in [1.29, 1.82) is 0 Å². The highest BCUT2D eigenvalue weighted by Gasteiger charge is 2.50. The third-order valence-electron chi connectivity index (χ3n) is 7.08. The molecule has 2 aromatic rings. The number of para-hydroxylation sites is 1. The van der Waals surface area contributed by atoms with E-state index in [4.69, 9.17) is 4.74 Å². The minimum Gasteiger partial charge on any atom is -0.443 e. The number of hydrogen-bond donors (Lipinski definition) is 1. The van der Waals surface area contributed by atoms with Crippen molar-refractivity contribution in [3.8, 4) is 0 Å². The lowest BCUT2D eigenvalue weighted by Crippen LogP contribution is -2.51. The molecule has 1 aromatic carbocycles. The largest absolute Gasteiger partial charge is 0.443 e. The Balaban J connectivity index is 1.64. The molecule has 0 unspecified atom stereocenters. The molecule has 0 bridgehead atoms. The Morgan fingerprint density at radius 3 is 2.93 bits per heavy atom. The first-order valence-corrected chi connectivity index (χ1v) is 11.1. The Labute approximate surface area is 172 Å². The molecule has 0 spiro atoms. The molecule has 0 saturated carbocycles. The molecule has 5 heteroatoms. The molecule has 0 aliphatic carbocycles. The lowest BCUT2D eigenvalue weighted by molar-refractivity contribution is 0.0261. The van der Waals surface area contributed by atoms with Gasteiger partial charge < -0.3 is 14.6 Å². The van der Waals surface area contributed by atoms with Crippen LogP contribution >= 0.6 is 0 Å². The maximum Gasteiger partial charge on any atom is 0.407 e. The van der Waals surface area contributed by atoms with Gasteiger partial charge in [0.2, 0.25) is 0 Å². The summed E-state index contributed by atoms with van der Waals surface area (Å²) in [4.78, 5) is 14.9. The Morgan fingerprint density at radius 2 is 2.14 bits per heavy atom. The van der Waals surface area contributed by atoms with E-state index in [1.54, 1.807) is 0 Å². The van der Waals surface area contributed by atoms with Gasteiger partial charge in [0.1, 0.15) is 6.61 Å². The highest BCUT2D eigenvalue weighted by atomic mass is 16.5. The van der Waals surface area contributed by atoms with E-state index in [2.05, 4.69) is 52.0 Å². The lowest BCUT2D eigenvalue weighted by Gasteiger charge is -2.53. The molecule has 5 nitrogen and oxygen atoms in total. The van der Waals surface area contributed by atoms with Gasteiger partial charge >= 0.3 is 6.09 Å². The van der Waals surface area contributed by atoms with Crippen molar-refractivity contribution >= 4 is 22.7 Å². The second-order valence-corrected chi connectivity index (χ2v) is 9.11. The number of fused-ring (bicyclic) bond motifs is 3. The molecule has 3 aliphatic rings. The van der Waals surface area contributed by atoms with E-state index in [0.29, 0.717) is 12.6 Å². The molecule has 4 heterocycles. The molecule has 5 rings (SSSR count). The van der Waals surface area contributed by atoms with Crippen LogP contribution in [0.1, 0.15) is 57.3 Å². The van der Waals surface area contributed by atoms with E-state index in [9.17, 15) is 4.79 Å². The van der Waals surface area contributed by atoms with Crippen LogP contribution in [-0.2, 0) is 11.2 Å². The van der Waals surface area contributed by atoms with Gasteiger partial charge in [0.05, 0.1) is 17.3 Å². The molecule has 1 aromatic heterocycles. The molecule has 2 atom stereocenters. The number of rotatable bonds is 4. The number of aromatic nitrogens is 1. The van der Waals surface area contributed by atoms with Gasteiger partial charge in [-0.05, 0) is 57.7 Å². The number of hydrogen-bond acceptors (Lipinski definition) is 3. The second-order valence-electron chi connectivity index (χ2n) is 9.11. The SMILES string of the molecule is CC[C@@]12C=C(COC(=O)NC(C)C)n3c4c(c5ccccc53)CCN(CCC1)[C@H]42. The molecular formula is C24H31N3O2. The zero-order valence-corrected chi connectivity index (χ0v) is 17.7. The third-order valence-corrected chi connectivity index (χ3v) is 7.08. The molecular weight excluding hydrogens is 362 g/mol. The number of carbonyl (C=O) groups excluding carboxylic acids is 1. The van der Waals surface area contributed by atoms with Crippen LogP contribution in [0.25, 0.3) is 16.6 Å². The van der Waals surface area contributed by atoms with Crippen molar-refractivity contribution in [3.63, 3.8) is 0 Å². The number of alkyl carbamates (subject to hydrolysis) is 1. The first-order chi connectivity index (χ1) is 14.0. The quantitative estimate of drug-likeness (QED) is 0.818.